The maximum absolute atomic E-state index is 12.8. The van der Waals surface area contributed by atoms with Crippen molar-refractivity contribution in [2.75, 3.05) is 25.0 Å². The van der Waals surface area contributed by atoms with E-state index in [1.807, 2.05) is 0 Å². The van der Waals surface area contributed by atoms with E-state index < -0.39 is 17.3 Å². The predicted molar refractivity (Wildman–Crippen MR) is 83.5 cm³/mol. The minimum atomic E-state index is -4.45. The number of carbonyl (C=O) groups excluding carboxylic acids is 2. The van der Waals surface area contributed by atoms with Gasteiger partial charge in [-0.25, -0.2) is 0 Å². The number of halogens is 3. The Morgan fingerprint density at radius 2 is 2.00 bits per heavy atom. The van der Waals surface area contributed by atoms with Gasteiger partial charge >= 0.3 is 6.18 Å². The fourth-order valence-corrected chi connectivity index (χ4v) is 2.66. The van der Waals surface area contributed by atoms with Crippen molar-refractivity contribution in [3.63, 3.8) is 0 Å². The van der Waals surface area contributed by atoms with E-state index in [-0.39, 0.29) is 24.0 Å². The second-order valence-electron chi connectivity index (χ2n) is 6.30. The van der Waals surface area contributed by atoms with Gasteiger partial charge in [-0.1, -0.05) is 0 Å². The molecular weight excluding hydrogens is 323 g/mol. The summed E-state index contributed by atoms with van der Waals surface area (Å²) in [6.07, 6.45) is -4.45. The third kappa shape index (κ3) is 3.80. The zero-order valence-electron chi connectivity index (χ0n) is 13.8. The van der Waals surface area contributed by atoms with E-state index in [1.54, 1.807) is 20.8 Å². The number of anilines is 1. The minimum absolute atomic E-state index is 0.183. The second kappa shape index (κ2) is 6.33. The molecule has 2 N–H and O–H groups in total. The van der Waals surface area contributed by atoms with Gasteiger partial charge in [-0.15, -0.1) is 0 Å². The molecule has 0 aromatic heterocycles. The molecule has 1 saturated heterocycles. The molecule has 5 nitrogen and oxygen atoms in total. The Morgan fingerprint density at radius 3 is 2.62 bits per heavy atom. The van der Waals surface area contributed by atoms with E-state index in [0.717, 1.165) is 12.1 Å². The highest BCUT2D eigenvalue weighted by atomic mass is 19.4. The number of rotatable bonds is 3. The molecule has 1 aromatic carbocycles. The van der Waals surface area contributed by atoms with Crippen LogP contribution in [0.25, 0.3) is 0 Å². The Balaban J connectivity index is 2.09. The number of nitrogens with zero attached hydrogens (tertiary/aromatic N) is 1. The molecule has 0 unspecified atom stereocenters. The first-order valence-electron chi connectivity index (χ1n) is 7.53. The average molecular weight is 343 g/mol. The molecule has 1 heterocycles. The molecule has 0 saturated carbocycles. The van der Waals surface area contributed by atoms with Gasteiger partial charge in [-0.3, -0.25) is 9.59 Å². The number of piperazine rings is 1. The Labute approximate surface area is 138 Å². The molecule has 132 valence electrons. The normalized spacial score (nSPS) is 17.4. The topological polar surface area (TPSA) is 61.4 Å². The van der Waals surface area contributed by atoms with Crippen LogP contribution in [-0.2, 0) is 15.8 Å². The molecule has 24 heavy (non-hydrogen) atoms. The zero-order chi connectivity index (χ0) is 18.1. The Bertz CT molecular complexity index is 656. The lowest BCUT2D eigenvalue weighted by atomic mass is 9.99. The van der Waals surface area contributed by atoms with Crippen molar-refractivity contribution in [3.05, 3.63) is 29.3 Å². The van der Waals surface area contributed by atoms with Gasteiger partial charge in [-0.05, 0) is 44.5 Å². The summed E-state index contributed by atoms with van der Waals surface area (Å²) in [5, 5.41) is 5.41. The second-order valence-corrected chi connectivity index (χ2v) is 6.30. The van der Waals surface area contributed by atoms with Crippen LogP contribution in [0.4, 0.5) is 18.9 Å². The minimum Gasteiger partial charge on any atom is -0.376 e. The summed E-state index contributed by atoms with van der Waals surface area (Å²) in [5.41, 5.74) is -1.09. The first-order valence-corrected chi connectivity index (χ1v) is 7.53. The maximum atomic E-state index is 12.8. The van der Waals surface area contributed by atoms with Crippen molar-refractivity contribution in [1.82, 2.24) is 10.2 Å². The zero-order valence-corrected chi connectivity index (χ0v) is 13.8. The summed E-state index contributed by atoms with van der Waals surface area (Å²) >= 11 is 0. The number of nitrogens with one attached hydrogen (secondary N) is 2. The number of aryl methyl sites for hydroxylation is 1. The fourth-order valence-electron chi connectivity index (χ4n) is 2.66. The van der Waals surface area contributed by atoms with Gasteiger partial charge in [0.1, 0.15) is 5.54 Å². The average Bonchev–Trinajstić information content (AvgIpc) is 2.46. The predicted octanol–water partition coefficient (Wildman–Crippen LogP) is 2.16. The van der Waals surface area contributed by atoms with Gasteiger partial charge in [0.2, 0.25) is 11.8 Å². The van der Waals surface area contributed by atoms with Crippen LogP contribution >= 0.6 is 0 Å². The SMILES string of the molecule is Cc1cc(NCC(=O)N2CCNC(=O)C2(C)C)cc(C(F)(F)F)c1. The standard InChI is InChI=1S/C16H20F3N3O2/c1-10-6-11(16(17,18)19)8-12(7-10)21-9-13(23)22-5-4-20-14(24)15(22,2)3/h6-8,21H,4-5,9H2,1-3H3,(H,20,24). The van der Waals surface area contributed by atoms with Crippen molar-refractivity contribution in [2.24, 2.45) is 0 Å². The molecule has 0 aliphatic carbocycles. The van der Waals surface area contributed by atoms with Crippen molar-refractivity contribution >= 4 is 17.5 Å². The van der Waals surface area contributed by atoms with E-state index in [0.29, 0.717) is 18.7 Å². The molecule has 0 bridgehead atoms. The highest BCUT2D eigenvalue weighted by Gasteiger charge is 2.40. The van der Waals surface area contributed by atoms with Crippen molar-refractivity contribution in [1.29, 1.82) is 0 Å². The lowest BCUT2D eigenvalue weighted by molar-refractivity contribution is -0.147. The van der Waals surface area contributed by atoms with E-state index in [2.05, 4.69) is 10.6 Å². The monoisotopic (exact) mass is 343 g/mol. The van der Waals surface area contributed by atoms with E-state index in [9.17, 15) is 22.8 Å². The Kier molecular flexibility index (Phi) is 4.77. The fraction of sp³-hybridized carbons (Fsp3) is 0.500. The molecule has 1 aromatic rings. The third-order valence-electron chi connectivity index (χ3n) is 4.00. The van der Waals surface area contributed by atoms with Gasteiger partial charge in [0, 0.05) is 18.8 Å². The summed E-state index contributed by atoms with van der Waals surface area (Å²) in [5.74, 6) is -0.595. The van der Waals surface area contributed by atoms with Crippen LogP contribution in [0, 0.1) is 6.92 Å². The lowest BCUT2D eigenvalue weighted by Gasteiger charge is -2.41. The van der Waals surface area contributed by atoms with Crippen LogP contribution in [0.1, 0.15) is 25.0 Å². The van der Waals surface area contributed by atoms with Crippen LogP contribution in [0.15, 0.2) is 18.2 Å². The van der Waals surface area contributed by atoms with E-state index in [1.165, 1.54) is 11.0 Å². The lowest BCUT2D eigenvalue weighted by Crippen LogP contribution is -2.64. The van der Waals surface area contributed by atoms with Gasteiger partial charge in [0.05, 0.1) is 12.1 Å². The molecule has 0 atom stereocenters. The molecule has 0 spiro atoms. The molecule has 8 heteroatoms. The van der Waals surface area contributed by atoms with Crippen LogP contribution in [0.2, 0.25) is 0 Å². The molecule has 0 radical (unpaired) electrons. The Hall–Kier alpha value is -2.25. The van der Waals surface area contributed by atoms with Crippen LogP contribution in [-0.4, -0.2) is 41.9 Å². The largest absolute Gasteiger partial charge is 0.416 e. The van der Waals surface area contributed by atoms with Crippen molar-refractivity contribution in [3.8, 4) is 0 Å². The summed E-state index contributed by atoms with van der Waals surface area (Å²) < 4.78 is 38.5. The molecular formula is C16H20F3N3O2. The third-order valence-corrected chi connectivity index (χ3v) is 4.00. The van der Waals surface area contributed by atoms with Crippen LogP contribution in [0.5, 0.6) is 0 Å². The number of hydrogen-bond acceptors (Lipinski definition) is 3. The number of hydrogen-bond donors (Lipinski definition) is 2. The quantitative estimate of drug-likeness (QED) is 0.884. The highest BCUT2D eigenvalue weighted by molar-refractivity contribution is 5.93. The van der Waals surface area contributed by atoms with Gasteiger partial charge in [-0.2, -0.15) is 13.2 Å². The molecule has 1 aliphatic rings. The van der Waals surface area contributed by atoms with E-state index in [4.69, 9.17) is 0 Å². The van der Waals surface area contributed by atoms with Crippen molar-refractivity contribution < 1.29 is 22.8 Å². The number of amides is 2. The Morgan fingerprint density at radius 1 is 1.33 bits per heavy atom. The molecule has 1 aliphatic heterocycles. The van der Waals surface area contributed by atoms with E-state index >= 15 is 0 Å². The first-order chi connectivity index (χ1) is 11.0. The summed E-state index contributed by atoms with van der Waals surface area (Å²) in [4.78, 5) is 25.6. The molecule has 2 amide bonds. The summed E-state index contributed by atoms with van der Waals surface area (Å²) in [6.45, 7) is 5.36. The van der Waals surface area contributed by atoms with Gasteiger partial charge < -0.3 is 15.5 Å². The van der Waals surface area contributed by atoms with Gasteiger partial charge in [0.15, 0.2) is 0 Å². The van der Waals surface area contributed by atoms with Crippen molar-refractivity contribution in [2.45, 2.75) is 32.5 Å². The number of alkyl halides is 3. The van der Waals surface area contributed by atoms with Crippen LogP contribution < -0.4 is 10.6 Å². The van der Waals surface area contributed by atoms with Gasteiger partial charge in [0.25, 0.3) is 0 Å². The first kappa shape index (κ1) is 18.1. The highest BCUT2D eigenvalue weighted by Crippen LogP contribution is 2.31. The maximum Gasteiger partial charge on any atom is 0.416 e. The number of carbonyl (C=O) groups is 2. The summed E-state index contributed by atoms with van der Waals surface area (Å²) in [6, 6.07) is 3.55. The smallest absolute Gasteiger partial charge is 0.376 e. The molecule has 1 fully saturated rings. The van der Waals surface area contributed by atoms with Crippen LogP contribution in [0.3, 0.4) is 0 Å². The summed E-state index contributed by atoms with van der Waals surface area (Å²) in [7, 11) is 0. The molecule has 2 rings (SSSR count). The number of benzene rings is 1.